The Hall–Kier alpha value is -3.42. The number of likely N-dealkylation sites (tertiary alicyclic amines) is 1. The number of piperidine rings is 1. The van der Waals surface area contributed by atoms with Crippen molar-refractivity contribution in [2.24, 2.45) is 5.92 Å². The van der Waals surface area contributed by atoms with E-state index < -0.39 is 0 Å². The van der Waals surface area contributed by atoms with Gasteiger partial charge >= 0.3 is 5.97 Å². The van der Waals surface area contributed by atoms with E-state index in [1.54, 1.807) is 38.4 Å². The number of carbonyl (C=O) groups excluding carboxylic acids is 2. The van der Waals surface area contributed by atoms with Crippen LogP contribution in [-0.2, 0) is 16.1 Å². The number of fused-ring (bicyclic) bond motifs is 1. The summed E-state index contributed by atoms with van der Waals surface area (Å²) in [4.78, 5) is 27.2. The zero-order valence-corrected chi connectivity index (χ0v) is 18.6. The zero-order chi connectivity index (χ0) is 22.7. The van der Waals surface area contributed by atoms with E-state index in [0.29, 0.717) is 61.9 Å². The van der Waals surface area contributed by atoms with Crippen LogP contribution in [0.5, 0.6) is 11.5 Å². The van der Waals surface area contributed by atoms with Crippen molar-refractivity contribution in [1.82, 2.24) is 9.47 Å². The molecule has 4 rings (SSSR count). The molecular formula is C24H28N2O6. The van der Waals surface area contributed by atoms with E-state index >= 15 is 0 Å². The van der Waals surface area contributed by atoms with Gasteiger partial charge in [0.1, 0.15) is 17.2 Å². The van der Waals surface area contributed by atoms with Crippen LogP contribution >= 0.6 is 0 Å². The Morgan fingerprint density at radius 3 is 2.38 bits per heavy atom. The maximum atomic E-state index is 13.4. The molecule has 1 aromatic carbocycles. The lowest BCUT2D eigenvalue weighted by Crippen LogP contribution is -2.41. The summed E-state index contributed by atoms with van der Waals surface area (Å²) in [6.07, 6.45) is 2.83. The maximum absolute atomic E-state index is 13.4. The lowest BCUT2D eigenvalue weighted by molar-refractivity contribution is -0.149. The number of methoxy groups -OCH3 is 2. The van der Waals surface area contributed by atoms with Gasteiger partial charge in [0.25, 0.3) is 5.91 Å². The van der Waals surface area contributed by atoms with Crippen LogP contribution in [0, 0.1) is 5.92 Å². The molecule has 3 aromatic rings. The number of hydrogen-bond donors (Lipinski definition) is 0. The van der Waals surface area contributed by atoms with Gasteiger partial charge in [-0.3, -0.25) is 9.59 Å². The first-order valence-corrected chi connectivity index (χ1v) is 10.8. The fourth-order valence-electron chi connectivity index (χ4n) is 4.21. The summed E-state index contributed by atoms with van der Waals surface area (Å²) in [5.41, 5.74) is 2.99. The number of amides is 1. The number of ether oxygens (including phenoxy) is 3. The third-order valence-electron chi connectivity index (χ3n) is 5.90. The van der Waals surface area contributed by atoms with E-state index in [4.69, 9.17) is 18.6 Å². The number of furan rings is 1. The number of hydrogen-bond acceptors (Lipinski definition) is 6. The largest absolute Gasteiger partial charge is 0.497 e. The lowest BCUT2D eigenvalue weighted by atomic mass is 9.97. The molecule has 1 aliphatic heterocycles. The van der Waals surface area contributed by atoms with Gasteiger partial charge in [-0.1, -0.05) is 0 Å². The third kappa shape index (κ3) is 4.30. The van der Waals surface area contributed by atoms with Crippen LogP contribution in [0.3, 0.4) is 0 Å². The molecule has 2 aromatic heterocycles. The quantitative estimate of drug-likeness (QED) is 0.521. The van der Waals surface area contributed by atoms with E-state index in [-0.39, 0.29) is 17.8 Å². The lowest BCUT2D eigenvalue weighted by Gasteiger charge is -2.31. The van der Waals surface area contributed by atoms with Crippen LogP contribution in [0.25, 0.3) is 11.1 Å². The van der Waals surface area contributed by atoms with Gasteiger partial charge in [0.2, 0.25) is 0 Å². The highest BCUT2D eigenvalue weighted by molar-refractivity contribution is 5.97. The Labute approximate surface area is 186 Å². The molecule has 0 atom stereocenters. The van der Waals surface area contributed by atoms with E-state index in [1.165, 1.54) is 0 Å². The predicted molar refractivity (Wildman–Crippen MR) is 118 cm³/mol. The Morgan fingerprint density at radius 2 is 1.75 bits per heavy atom. The van der Waals surface area contributed by atoms with Crippen LogP contribution in [-0.4, -0.2) is 55.3 Å². The van der Waals surface area contributed by atoms with Gasteiger partial charge in [-0.25, -0.2) is 0 Å². The minimum atomic E-state index is -0.174. The molecule has 1 saturated heterocycles. The molecule has 8 nitrogen and oxygen atoms in total. The summed E-state index contributed by atoms with van der Waals surface area (Å²) in [5, 5.41) is 0. The number of benzene rings is 1. The van der Waals surface area contributed by atoms with Gasteiger partial charge in [-0.05, 0) is 37.5 Å². The van der Waals surface area contributed by atoms with Gasteiger partial charge in [0.15, 0.2) is 5.58 Å². The second-order valence-corrected chi connectivity index (χ2v) is 7.83. The van der Waals surface area contributed by atoms with Crippen molar-refractivity contribution < 1.29 is 28.2 Å². The Balaban J connectivity index is 1.58. The molecular weight excluding hydrogens is 412 g/mol. The van der Waals surface area contributed by atoms with Crippen LogP contribution in [0.4, 0.5) is 0 Å². The van der Waals surface area contributed by atoms with E-state index in [2.05, 4.69) is 0 Å². The highest BCUT2D eigenvalue weighted by Gasteiger charge is 2.30. The van der Waals surface area contributed by atoms with Gasteiger partial charge in [0, 0.05) is 37.8 Å². The van der Waals surface area contributed by atoms with Crippen LogP contribution in [0.2, 0.25) is 0 Å². The van der Waals surface area contributed by atoms with Gasteiger partial charge < -0.3 is 28.1 Å². The minimum Gasteiger partial charge on any atom is -0.497 e. The second-order valence-electron chi connectivity index (χ2n) is 7.83. The first-order chi connectivity index (χ1) is 15.5. The monoisotopic (exact) mass is 440 g/mol. The summed E-state index contributed by atoms with van der Waals surface area (Å²) in [6.45, 7) is 3.67. The molecule has 0 radical (unpaired) electrons. The minimum absolute atomic E-state index is 0.0754. The number of esters is 1. The fourth-order valence-corrected chi connectivity index (χ4v) is 4.21. The van der Waals surface area contributed by atoms with Crippen molar-refractivity contribution in [3.63, 3.8) is 0 Å². The van der Waals surface area contributed by atoms with Gasteiger partial charge in [-0.2, -0.15) is 0 Å². The summed E-state index contributed by atoms with van der Waals surface area (Å²) >= 11 is 0. The summed E-state index contributed by atoms with van der Waals surface area (Å²) in [7, 11) is 3.22. The van der Waals surface area contributed by atoms with E-state index in [1.807, 2.05) is 28.8 Å². The van der Waals surface area contributed by atoms with Crippen molar-refractivity contribution in [3.05, 3.63) is 47.9 Å². The normalized spacial score (nSPS) is 14.5. The van der Waals surface area contributed by atoms with Crippen molar-refractivity contribution >= 4 is 23.0 Å². The number of aromatic nitrogens is 1. The number of nitrogens with zero attached hydrogens (tertiary/aromatic N) is 2. The van der Waals surface area contributed by atoms with Gasteiger partial charge in [0.05, 0.1) is 38.5 Å². The molecule has 170 valence electrons. The molecule has 0 spiro atoms. The summed E-state index contributed by atoms with van der Waals surface area (Å²) in [5.74, 6) is 0.972. The molecule has 3 heterocycles. The molecule has 0 bridgehead atoms. The first-order valence-electron chi connectivity index (χ1n) is 10.8. The highest BCUT2D eigenvalue weighted by atomic mass is 16.5. The molecule has 0 saturated carbocycles. The topological polar surface area (TPSA) is 83.1 Å². The molecule has 0 unspecified atom stereocenters. The van der Waals surface area contributed by atoms with E-state index in [0.717, 1.165) is 11.1 Å². The fraction of sp³-hybridized carbons (Fsp3) is 0.417. The molecule has 8 heteroatoms. The number of rotatable bonds is 7. The predicted octanol–water partition coefficient (Wildman–Crippen LogP) is 3.72. The molecule has 1 amide bonds. The second kappa shape index (κ2) is 9.38. The van der Waals surface area contributed by atoms with Gasteiger partial charge in [-0.15, -0.1) is 0 Å². The Morgan fingerprint density at radius 1 is 1.06 bits per heavy atom. The zero-order valence-electron chi connectivity index (χ0n) is 18.6. The Bertz CT molecular complexity index is 1080. The molecule has 1 aliphatic rings. The molecule has 32 heavy (non-hydrogen) atoms. The molecule has 0 N–H and O–H groups in total. The number of carbonyl (C=O) groups is 2. The van der Waals surface area contributed by atoms with Crippen LogP contribution in [0.15, 0.2) is 41.0 Å². The average Bonchev–Trinajstić information content (AvgIpc) is 3.41. The Kier molecular flexibility index (Phi) is 6.39. The smallest absolute Gasteiger partial charge is 0.309 e. The van der Waals surface area contributed by atoms with E-state index in [9.17, 15) is 9.59 Å². The highest BCUT2D eigenvalue weighted by Crippen LogP contribution is 2.28. The van der Waals surface area contributed by atoms with Crippen LogP contribution in [0.1, 0.15) is 35.8 Å². The summed E-state index contributed by atoms with van der Waals surface area (Å²) < 4.78 is 23.4. The van der Waals surface area contributed by atoms with Crippen molar-refractivity contribution in [3.8, 4) is 11.5 Å². The molecule has 1 fully saturated rings. The molecule has 0 aliphatic carbocycles. The third-order valence-corrected chi connectivity index (χ3v) is 5.90. The van der Waals surface area contributed by atoms with Crippen LogP contribution < -0.4 is 9.47 Å². The van der Waals surface area contributed by atoms with Crippen molar-refractivity contribution in [2.45, 2.75) is 26.3 Å². The van der Waals surface area contributed by atoms with Crippen molar-refractivity contribution in [2.75, 3.05) is 33.9 Å². The average molecular weight is 440 g/mol. The first kappa shape index (κ1) is 21.8. The standard InChI is InChI=1S/C24H28N2O6/c1-4-31-24(28)17-5-8-25(9-6-17)23(27)21-14-22-20(7-10-32-22)26(21)15-16-11-18(29-2)13-19(12-16)30-3/h7,10-14,17H,4-6,8-9,15H2,1-3H3. The SMILES string of the molecule is CCOC(=O)C1CCN(C(=O)c2cc3occc3n2Cc2cc(OC)cc(OC)c2)CC1. The summed E-state index contributed by atoms with van der Waals surface area (Å²) in [6, 6.07) is 9.30. The van der Waals surface area contributed by atoms with Crippen molar-refractivity contribution in [1.29, 1.82) is 0 Å². The maximum Gasteiger partial charge on any atom is 0.309 e.